The highest BCUT2D eigenvalue weighted by Crippen LogP contribution is 2.43. The zero-order valence-corrected chi connectivity index (χ0v) is 26.8. The van der Waals surface area contributed by atoms with Crippen molar-refractivity contribution in [3.05, 3.63) is 52.2 Å². The topological polar surface area (TPSA) is 133 Å². The molecule has 0 saturated carbocycles. The molecule has 3 atom stereocenters. The van der Waals surface area contributed by atoms with Gasteiger partial charge in [-0.25, -0.2) is 37.1 Å². The Bertz CT molecular complexity index is 1740. The van der Waals surface area contributed by atoms with Crippen molar-refractivity contribution in [3.63, 3.8) is 0 Å². The number of rotatable bonds is 8. The molecule has 3 aliphatic rings. The summed E-state index contributed by atoms with van der Waals surface area (Å²) in [6, 6.07) is 3.38. The maximum atomic E-state index is 14.5. The molecular formula is C31H39F2N7O4S. The van der Waals surface area contributed by atoms with Gasteiger partial charge in [-0.15, -0.1) is 0 Å². The molecule has 0 amide bonds. The van der Waals surface area contributed by atoms with E-state index in [0.717, 1.165) is 37.8 Å². The van der Waals surface area contributed by atoms with Crippen LogP contribution in [0.1, 0.15) is 81.9 Å². The first-order chi connectivity index (χ1) is 21.4. The van der Waals surface area contributed by atoms with E-state index in [2.05, 4.69) is 25.6 Å². The summed E-state index contributed by atoms with van der Waals surface area (Å²) in [6.07, 6.45) is 6.71. The molecule has 2 saturated heterocycles. The predicted octanol–water partition coefficient (Wildman–Crippen LogP) is 6.42. The number of sulfone groups is 1. The number of aryl methyl sites for hydroxylation is 2. The highest BCUT2D eigenvalue weighted by atomic mass is 32.2. The monoisotopic (exact) mass is 643 g/mol. The van der Waals surface area contributed by atoms with Crippen LogP contribution >= 0.6 is 0 Å². The number of hydrogen-bond donors (Lipinski definition) is 2. The van der Waals surface area contributed by atoms with Crippen LogP contribution in [0.4, 0.5) is 26.1 Å². The highest BCUT2D eigenvalue weighted by Gasteiger charge is 2.39. The second-order valence-corrected chi connectivity index (χ2v) is 14.3. The Morgan fingerprint density at radius 3 is 2.36 bits per heavy atom. The van der Waals surface area contributed by atoms with Gasteiger partial charge in [-0.1, -0.05) is 19.1 Å². The molecule has 1 aliphatic carbocycles. The Balaban J connectivity index is 1.47. The molecule has 14 heteroatoms. The molecule has 2 unspecified atom stereocenters. The minimum absolute atomic E-state index is 0.108. The number of nitrogens with one attached hydrogen (secondary N) is 2. The second-order valence-electron chi connectivity index (χ2n) is 12.3. The number of pyridine rings is 1. The van der Waals surface area contributed by atoms with Crippen LogP contribution < -0.4 is 10.6 Å². The van der Waals surface area contributed by atoms with E-state index in [-0.39, 0.29) is 22.2 Å². The van der Waals surface area contributed by atoms with E-state index in [9.17, 15) is 17.2 Å². The standard InChI is InChI=1S/C31H39F2N7O4S/c1-18-15-24(35-19(2)34-18)37-25-16-21(27-29(38-25)40(30(39-27)28(32)33)26-10-6-8-14-44-26)36-20-11-12-31(3,17-22(20)45(4,41)42)23-9-5-7-13-43-23/h11,15-17,23,26,28H,5-10,12-14H2,1-4H3,(H2,34,35,36,37,38)/t23-,26?,31?/m0/s1. The molecule has 0 aromatic carbocycles. The Hall–Kier alpha value is -3.49. The first-order valence-corrected chi connectivity index (χ1v) is 17.2. The van der Waals surface area contributed by atoms with Crippen molar-refractivity contribution in [2.75, 3.05) is 30.1 Å². The maximum Gasteiger partial charge on any atom is 0.295 e. The molecular weight excluding hydrogens is 604 g/mol. The number of halogens is 2. The first kappa shape index (κ1) is 31.5. The summed E-state index contributed by atoms with van der Waals surface area (Å²) in [5.41, 5.74) is 1.26. The van der Waals surface area contributed by atoms with Gasteiger partial charge in [0.25, 0.3) is 6.43 Å². The minimum atomic E-state index is -3.70. The van der Waals surface area contributed by atoms with Gasteiger partial charge in [0.05, 0.1) is 22.4 Å². The van der Waals surface area contributed by atoms with E-state index < -0.39 is 33.7 Å². The molecule has 45 heavy (non-hydrogen) atoms. The number of anilines is 3. The number of aromatic nitrogens is 5. The van der Waals surface area contributed by atoms with Gasteiger partial charge in [-0.05, 0) is 58.8 Å². The summed E-state index contributed by atoms with van der Waals surface area (Å²) in [5.74, 6) is 0.875. The highest BCUT2D eigenvalue weighted by molar-refractivity contribution is 7.94. The van der Waals surface area contributed by atoms with E-state index in [1.807, 2.05) is 19.9 Å². The zero-order chi connectivity index (χ0) is 31.9. The zero-order valence-electron chi connectivity index (χ0n) is 25.9. The van der Waals surface area contributed by atoms with Crippen LogP contribution in [0.25, 0.3) is 11.2 Å². The van der Waals surface area contributed by atoms with Crippen molar-refractivity contribution in [2.24, 2.45) is 5.41 Å². The van der Waals surface area contributed by atoms with Crippen molar-refractivity contribution in [2.45, 2.75) is 84.5 Å². The molecule has 6 rings (SSSR count). The van der Waals surface area contributed by atoms with E-state index in [1.54, 1.807) is 25.1 Å². The normalized spacial score (nSPS) is 24.4. The van der Waals surface area contributed by atoms with E-state index >= 15 is 0 Å². The molecule has 242 valence electrons. The third-order valence-electron chi connectivity index (χ3n) is 8.59. The van der Waals surface area contributed by atoms with E-state index in [4.69, 9.17) is 14.5 Å². The molecule has 3 aromatic rings. The third-order valence-corrected chi connectivity index (χ3v) is 9.73. The van der Waals surface area contributed by atoms with Crippen LogP contribution in [-0.2, 0) is 19.3 Å². The number of nitrogens with zero attached hydrogens (tertiary/aromatic N) is 5. The average Bonchev–Trinajstić information content (AvgIpc) is 3.38. The van der Waals surface area contributed by atoms with Gasteiger partial charge in [0.2, 0.25) is 0 Å². The lowest BCUT2D eigenvalue weighted by Gasteiger charge is -2.39. The summed E-state index contributed by atoms with van der Waals surface area (Å²) in [5, 5.41) is 6.43. The second kappa shape index (κ2) is 12.4. The number of allylic oxidation sites excluding steroid dienone is 1. The van der Waals surface area contributed by atoms with Crippen LogP contribution in [-0.4, -0.2) is 58.5 Å². The summed E-state index contributed by atoms with van der Waals surface area (Å²) >= 11 is 0. The SMILES string of the molecule is Cc1cc(Nc2cc(NC3=CCC(C)([C@@H]4CCCCO4)C=C3S(C)(=O)=O)c3nc(C(F)F)n(C4CCCCO4)c3n2)nc(C)n1. The molecule has 0 radical (unpaired) electrons. The lowest BCUT2D eigenvalue weighted by Crippen LogP contribution is -2.37. The van der Waals surface area contributed by atoms with Gasteiger partial charge in [0.15, 0.2) is 21.3 Å². The number of fused-ring (bicyclic) bond motifs is 1. The molecule has 2 aliphatic heterocycles. The third kappa shape index (κ3) is 6.59. The molecule has 0 spiro atoms. The summed E-state index contributed by atoms with van der Waals surface area (Å²) in [6.45, 7) is 6.71. The average molecular weight is 644 g/mol. The molecule has 11 nitrogen and oxygen atoms in total. The number of alkyl halides is 2. The fourth-order valence-electron chi connectivity index (χ4n) is 6.43. The minimum Gasteiger partial charge on any atom is -0.377 e. The maximum absolute atomic E-state index is 14.5. The molecule has 5 heterocycles. The largest absolute Gasteiger partial charge is 0.377 e. The molecule has 2 N–H and O–H groups in total. The summed E-state index contributed by atoms with van der Waals surface area (Å²) < 4.78 is 68.7. The Morgan fingerprint density at radius 1 is 0.978 bits per heavy atom. The number of hydrogen-bond acceptors (Lipinski definition) is 10. The smallest absolute Gasteiger partial charge is 0.295 e. The van der Waals surface area contributed by atoms with Crippen molar-refractivity contribution in [3.8, 4) is 0 Å². The van der Waals surface area contributed by atoms with Crippen LogP contribution in [0.3, 0.4) is 0 Å². The first-order valence-electron chi connectivity index (χ1n) is 15.4. The number of ether oxygens (including phenoxy) is 2. The van der Waals surface area contributed by atoms with Crippen molar-refractivity contribution >= 4 is 38.3 Å². The van der Waals surface area contributed by atoms with Gasteiger partial charge in [0, 0.05) is 42.7 Å². The van der Waals surface area contributed by atoms with Crippen LogP contribution in [0, 0.1) is 19.3 Å². The van der Waals surface area contributed by atoms with Crippen LogP contribution in [0.2, 0.25) is 0 Å². The predicted molar refractivity (Wildman–Crippen MR) is 167 cm³/mol. The molecule has 2 fully saturated rings. The van der Waals surface area contributed by atoms with Gasteiger partial charge in [-0.3, -0.25) is 4.57 Å². The van der Waals surface area contributed by atoms with Crippen molar-refractivity contribution in [1.82, 2.24) is 24.5 Å². The molecule has 3 aromatic heterocycles. The fourth-order valence-corrected chi connectivity index (χ4v) is 7.44. The Kier molecular flexibility index (Phi) is 8.65. The molecule has 0 bridgehead atoms. The Labute approximate surface area is 261 Å². The summed E-state index contributed by atoms with van der Waals surface area (Å²) in [7, 11) is -3.70. The Morgan fingerprint density at radius 2 is 1.71 bits per heavy atom. The lowest BCUT2D eigenvalue weighted by molar-refractivity contribution is -0.0426. The lowest BCUT2D eigenvalue weighted by atomic mass is 9.75. The van der Waals surface area contributed by atoms with Gasteiger partial charge in [-0.2, -0.15) is 0 Å². The van der Waals surface area contributed by atoms with E-state index in [0.29, 0.717) is 54.9 Å². The fraction of sp³-hybridized carbons (Fsp3) is 0.548. The van der Waals surface area contributed by atoms with Gasteiger partial charge in [0.1, 0.15) is 29.2 Å². The quantitative estimate of drug-likeness (QED) is 0.283. The van der Waals surface area contributed by atoms with E-state index in [1.165, 1.54) is 10.8 Å². The number of imidazole rings is 1. The summed E-state index contributed by atoms with van der Waals surface area (Å²) in [4.78, 5) is 18.0. The van der Waals surface area contributed by atoms with Crippen molar-refractivity contribution < 1.29 is 26.7 Å². The van der Waals surface area contributed by atoms with Crippen LogP contribution in [0.15, 0.2) is 34.9 Å². The van der Waals surface area contributed by atoms with Crippen LogP contribution in [0.5, 0.6) is 0 Å². The van der Waals surface area contributed by atoms with Crippen molar-refractivity contribution in [1.29, 1.82) is 0 Å². The van der Waals surface area contributed by atoms with Gasteiger partial charge >= 0.3 is 0 Å². The van der Waals surface area contributed by atoms with Gasteiger partial charge < -0.3 is 20.1 Å².